The van der Waals surface area contributed by atoms with Gasteiger partial charge in [-0.2, -0.15) is 0 Å². The zero-order valence-corrected chi connectivity index (χ0v) is 8.29. The van der Waals surface area contributed by atoms with E-state index in [-0.39, 0.29) is 0 Å². The van der Waals surface area contributed by atoms with E-state index in [0.29, 0.717) is 0 Å². The number of hydrogen-bond donors (Lipinski definition) is 0. The Morgan fingerprint density at radius 1 is 1.08 bits per heavy atom. The van der Waals surface area contributed by atoms with Crippen LogP contribution >= 0.6 is 0 Å². The lowest BCUT2D eigenvalue weighted by atomic mass is 9.76. The highest BCUT2D eigenvalue weighted by molar-refractivity contribution is 5.32. The van der Waals surface area contributed by atoms with Gasteiger partial charge in [0.2, 0.25) is 0 Å². The molecule has 0 heteroatoms. The van der Waals surface area contributed by atoms with Crippen molar-refractivity contribution in [2.24, 2.45) is 5.92 Å². The smallest absolute Gasteiger partial charge is 0.00779 e. The van der Waals surface area contributed by atoms with Gasteiger partial charge in [-0.3, -0.25) is 0 Å². The van der Waals surface area contributed by atoms with Gasteiger partial charge in [0.25, 0.3) is 0 Å². The quantitative estimate of drug-likeness (QED) is 0.605. The Balaban J connectivity index is 2.15. The van der Waals surface area contributed by atoms with Crippen LogP contribution in [0.5, 0.6) is 0 Å². The highest BCUT2D eigenvalue weighted by Gasteiger charge is 2.22. The molecule has 1 aromatic rings. The van der Waals surface area contributed by atoms with Crippen LogP contribution in [0, 0.1) is 11.8 Å². The molecule has 1 unspecified atom stereocenters. The minimum Gasteiger partial charge on any atom is -0.0622 e. The van der Waals surface area contributed by atoms with Gasteiger partial charge in [0.05, 0.1) is 0 Å². The molecule has 1 radical (unpaired) electrons. The summed E-state index contributed by atoms with van der Waals surface area (Å²) in [5.41, 5.74) is 1.47. The molecule has 0 amide bonds. The number of benzene rings is 1. The molecule has 0 aliphatic heterocycles. The minimum absolute atomic E-state index is 0.802. The summed E-state index contributed by atoms with van der Waals surface area (Å²) in [6, 6.07) is 10.9. The zero-order chi connectivity index (χ0) is 9.10. The molecule has 13 heavy (non-hydrogen) atoms. The maximum Gasteiger partial charge on any atom is 0.00779 e. The number of hydrogen-bond acceptors (Lipinski definition) is 0. The SMILES string of the molecule is CC1CCCC[C]1c1ccccc1. The van der Waals surface area contributed by atoms with E-state index in [1.165, 1.54) is 31.2 Å². The zero-order valence-electron chi connectivity index (χ0n) is 8.29. The van der Waals surface area contributed by atoms with Crippen LogP contribution in [0.4, 0.5) is 0 Å². The predicted octanol–water partition coefficient (Wildman–Crippen LogP) is 3.82. The molecule has 0 aromatic heterocycles. The van der Waals surface area contributed by atoms with Gasteiger partial charge in [-0.25, -0.2) is 0 Å². The lowest BCUT2D eigenvalue weighted by molar-refractivity contribution is 0.435. The van der Waals surface area contributed by atoms with Crippen LogP contribution < -0.4 is 0 Å². The average molecular weight is 173 g/mol. The molecule has 0 bridgehead atoms. The van der Waals surface area contributed by atoms with Gasteiger partial charge in [0.15, 0.2) is 0 Å². The predicted molar refractivity (Wildman–Crippen MR) is 56.4 cm³/mol. The second-order valence-electron chi connectivity index (χ2n) is 4.04. The Labute approximate surface area is 81.0 Å². The summed E-state index contributed by atoms with van der Waals surface area (Å²) >= 11 is 0. The molecule has 0 nitrogen and oxygen atoms in total. The molecule has 2 rings (SSSR count). The Morgan fingerprint density at radius 2 is 1.85 bits per heavy atom. The first-order valence-corrected chi connectivity index (χ1v) is 5.29. The molecule has 69 valence electrons. The van der Waals surface area contributed by atoms with E-state index in [0.717, 1.165) is 5.92 Å². The van der Waals surface area contributed by atoms with Gasteiger partial charge >= 0.3 is 0 Å². The van der Waals surface area contributed by atoms with Crippen LogP contribution in [0.3, 0.4) is 0 Å². The maximum absolute atomic E-state index is 2.36. The fraction of sp³-hybridized carbons (Fsp3) is 0.462. The summed E-state index contributed by atoms with van der Waals surface area (Å²) in [6.07, 6.45) is 5.49. The molecule has 1 aromatic carbocycles. The molecular weight excluding hydrogens is 156 g/mol. The molecule has 1 aliphatic carbocycles. The first-order valence-electron chi connectivity index (χ1n) is 5.29. The third-order valence-corrected chi connectivity index (χ3v) is 3.07. The molecule has 0 saturated heterocycles. The minimum atomic E-state index is 0.802. The summed E-state index contributed by atoms with van der Waals surface area (Å²) in [4.78, 5) is 0. The monoisotopic (exact) mass is 173 g/mol. The maximum atomic E-state index is 2.36. The van der Waals surface area contributed by atoms with E-state index in [1.807, 2.05) is 0 Å². The summed E-state index contributed by atoms with van der Waals surface area (Å²) in [7, 11) is 0. The summed E-state index contributed by atoms with van der Waals surface area (Å²) in [6.45, 7) is 2.36. The largest absolute Gasteiger partial charge is 0.0622 e. The lowest BCUT2D eigenvalue weighted by Gasteiger charge is -2.28. The standard InChI is InChI=1S/C13H17/c1-11-7-5-6-10-13(11)12-8-3-2-4-9-12/h2-4,8-9,11H,5-7,10H2,1H3. The second kappa shape index (κ2) is 3.95. The first kappa shape index (κ1) is 8.80. The molecule has 0 N–H and O–H groups in total. The molecule has 1 fully saturated rings. The molecular formula is C13H17. The van der Waals surface area contributed by atoms with E-state index in [2.05, 4.69) is 37.3 Å². The van der Waals surface area contributed by atoms with E-state index in [4.69, 9.17) is 0 Å². The van der Waals surface area contributed by atoms with Crippen LogP contribution in [0.1, 0.15) is 38.2 Å². The summed E-state index contributed by atoms with van der Waals surface area (Å²) in [5, 5.41) is 0. The Bertz CT molecular complexity index is 250. The van der Waals surface area contributed by atoms with Crippen LogP contribution in [0.15, 0.2) is 30.3 Å². The van der Waals surface area contributed by atoms with Crippen molar-refractivity contribution in [1.29, 1.82) is 0 Å². The summed E-state index contributed by atoms with van der Waals surface area (Å²) in [5.74, 6) is 2.47. The molecule has 1 saturated carbocycles. The second-order valence-corrected chi connectivity index (χ2v) is 4.04. The molecule has 0 heterocycles. The molecule has 1 aliphatic rings. The van der Waals surface area contributed by atoms with Crippen molar-refractivity contribution in [2.75, 3.05) is 0 Å². The van der Waals surface area contributed by atoms with Crippen molar-refractivity contribution in [1.82, 2.24) is 0 Å². The Hall–Kier alpha value is -0.780. The van der Waals surface area contributed by atoms with Crippen molar-refractivity contribution < 1.29 is 0 Å². The lowest BCUT2D eigenvalue weighted by Crippen LogP contribution is -2.15. The van der Waals surface area contributed by atoms with Gasteiger partial charge in [-0.1, -0.05) is 50.1 Å². The topological polar surface area (TPSA) is 0 Å². The Kier molecular flexibility index (Phi) is 2.68. The van der Waals surface area contributed by atoms with Gasteiger partial charge in [0, 0.05) is 5.92 Å². The van der Waals surface area contributed by atoms with Crippen LogP contribution in [-0.2, 0) is 0 Å². The van der Waals surface area contributed by atoms with Crippen molar-refractivity contribution >= 4 is 0 Å². The highest BCUT2D eigenvalue weighted by Crippen LogP contribution is 2.36. The van der Waals surface area contributed by atoms with Crippen molar-refractivity contribution in [3.8, 4) is 0 Å². The van der Waals surface area contributed by atoms with Crippen molar-refractivity contribution in [3.63, 3.8) is 0 Å². The highest BCUT2D eigenvalue weighted by atomic mass is 14.3. The third kappa shape index (κ3) is 1.93. The van der Waals surface area contributed by atoms with Gasteiger partial charge < -0.3 is 0 Å². The third-order valence-electron chi connectivity index (χ3n) is 3.07. The van der Waals surface area contributed by atoms with E-state index in [9.17, 15) is 0 Å². The van der Waals surface area contributed by atoms with Crippen LogP contribution in [-0.4, -0.2) is 0 Å². The molecule has 1 atom stereocenters. The van der Waals surface area contributed by atoms with E-state index < -0.39 is 0 Å². The van der Waals surface area contributed by atoms with Crippen molar-refractivity contribution in [3.05, 3.63) is 41.8 Å². The molecule has 0 spiro atoms. The average Bonchev–Trinajstić information content (AvgIpc) is 2.20. The van der Waals surface area contributed by atoms with Crippen LogP contribution in [0.25, 0.3) is 0 Å². The fourth-order valence-electron chi connectivity index (χ4n) is 2.27. The Morgan fingerprint density at radius 3 is 2.54 bits per heavy atom. The fourth-order valence-corrected chi connectivity index (χ4v) is 2.27. The summed E-state index contributed by atoms with van der Waals surface area (Å²) < 4.78 is 0. The van der Waals surface area contributed by atoms with Gasteiger partial charge in [-0.15, -0.1) is 0 Å². The number of rotatable bonds is 1. The van der Waals surface area contributed by atoms with Crippen LogP contribution in [0.2, 0.25) is 0 Å². The normalized spacial score (nSPS) is 24.5. The van der Waals surface area contributed by atoms with Crippen molar-refractivity contribution in [2.45, 2.75) is 32.6 Å². The van der Waals surface area contributed by atoms with Gasteiger partial charge in [0.1, 0.15) is 0 Å². The first-order chi connectivity index (χ1) is 6.38. The van der Waals surface area contributed by atoms with E-state index in [1.54, 1.807) is 5.92 Å². The van der Waals surface area contributed by atoms with Gasteiger partial charge in [-0.05, 0) is 24.3 Å². The van der Waals surface area contributed by atoms with E-state index >= 15 is 0 Å².